The first-order valence-electron chi connectivity index (χ1n) is 5.88. The minimum atomic E-state index is -0.834. The standard InChI is InChI=1S/C13H16ClFN2O3/c1-8(12(18)16-13(19)20-3)17(2)7-9-10(14)5-4-6-11(9)15/h4-6,8H,7H2,1-3H3,(H,16,18,19)/t8-/m0/s1. The topological polar surface area (TPSA) is 58.6 Å². The molecule has 0 aliphatic carbocycles. The number of methoxy groups -OCH3 is 1. The van der Waals surface area contributed by atoms with Crippen molar-refractivity contribution >= 4 is 23.6 Å². The first-order valence-corrected chi connectivity index (χ1v) is 6.26. The highest BCUT2D eigenvalue weighted by Gasteiger charge is 2.22. The molecule has 110 valence electrons. The number of nitrogens with zero attached hydrogens (tertiary/aromatic N) is 1. The lowest BCUT2D eigenvalue weighted by molar-refractivity contribution is -0.124. The Morgan fingerprint density at radius 2 is 2.15 bits per heavy atom. The number of alkyl carbamates (subject to hydrolysis) is 1. The van der Waals surface area contributed by atoms with Crippen molar-refractivity contribution in [3.63, 3.8) is 0 Å². The summed E-state index contributed by atoms with van der Waals surface area (Å²) in [4.78, 5) is 24.3. The van der Waals surface area contributed by atoms with E-state index in [9.17, 15) is 14.0 Å². The second-order valence-electron chi connectivity index (χ2n) is 4.27. The van der Waals surface area contributed by atoms with Crippen LogP contribution in [0.3, 0.4) is 0 Å². The van der Waals surface area contributed by atoms with Crippen molar-refractivity contribution in [1.29, 1.82) is 0 Å². The average Bonchev–Trinajstić information content (AvgIpc) is 2.41. The number of carbonyl (C=O) groups excluding carboxylic acids is 2. The average molecular weight is 303 g/mol. The molecule has 1 aromatic rings. The van der Waals surface area contributed by atoms with Crippen LogP contribution in [-0.4, -0.2) is 37.1 Å². The van der Waals surface area contributed by atoms with Crippen LogP contribution >= 0.6 is 11.6 Å². The van der Waals surface area contributed by atoms with E-state index in [0.717, 1.165) is 7.11 Å². The predicted molar refractivity (Wildman–Crippen MR) is 72.9 cm³/mol. The lowest BCUT2D eigenvalue weighted by Crippen LogP contribution is -2.45. The van der Waals surface area contributed by atoms with E-state index in [1.165, 1.54) is 12.1 Å². The number of likely N-dealkylation sites (N-methyl/N-ethyl adjacent to an activating group) is 1. The molecule has 1 N–H and O–H groups in total. The predicted octanol–water partition coefficient (Wildman–Crippen LogP) is 2.18. The van der Waals surface area contributed by atoms with Gasteiger partial charge in [-0.3, -0.25) is 15.0 Å². The molecule has 1 aromatic carbocycles. The van der Waals surface area contributed by atoms with E-state index in [4.69, 9.17) is 11.6 Å². The summed E-state index contributed by atoms with van der Waals surface area (Å²) in [7, 11) is 2.79. The highest BCUT2D eigenvalue weighted by atomic mass is 35.5. The summed E-state index contributed by atoms with van der Waals surface area (Å²) < 4.78 is 18.0. The van der Waals surface area contributed by atoms with Gasteiger partial charge in [0.15, 0.2) is 0 Å². The van der Waals surface area contributed by atoms with Gasteiger partial charge in [-0.25, -0.2) is 9.18 Å². The van der Waals surface area contributed by atoms with Gasteiger partial charge in [-0.05, 0) is 26.1 Å². The van der Waals surface area contributed by atoms with Gasteiger partial charge >= 0.3 is 6.09 Å². The molecule has 7 heteroatoms. The van der Waals surface area contributed by atoms with Crippen molar-refractivity contribution < 1.29 is 18.7 Å². The normalized spacial score (nSPS) is 12.1. The third-order valence-electron chi connectivity index (χ3n) is 2.92. The molecule has 0 aliphatic rings. The highest BCUT2D eigenvalue weighted by Crippen LogP contribution is 2.21. The van der Waals surface area contributed by atoms with Crippen molar-refractivity contribution in [3.05, 3.63) is 34.6 Å². The first kappa shape index (κ1) is 16.4. The Labute approximate surface area is 121 Å². The second kappa shape index (κ2) is 7.21. The number of benzene rings is 1. The minimum absolute atomic E-state index is 0.140. The molecule has 0 aromatic heterocycles. The number of nitrogens with one attached hydrogen (secondary N) is 1. The maximum Gasteiger partial charge on any atom is 0.413 e. The fraction of sp³-hybridized carbons (Fsp3) is 0.385. The number of amides is 2. The summed E-state index contributed by atoms with van der Waals surface area (Å²) in [6.07, 6.45) is -0.834. The van der Waals surface area contributed by atoms with Crippen LogP contribution in [0.2, 0.25) is 5.02 Å². The van der Waals surface area contributed by atoms with Crippen LogP contribution in [0.4, 0.5) is 9.18 Å². The molecule has 0 saturated carbocycles. The van der Waals surface area contributed by atoms with Gasteiger partial charge in [0.1, 0.15) is 5.82 Å². The molecule has 0 radical (unpaired) electrons. The molecule has 0 aliphatic heterocycles. The fourth-order valence-corrected chi connectivity index (χ4v) is 1.75. The van der Waals surface area contributed by atoms with Crippen molar-refractivity contribution in [2.75, 3.05) is 14.2 Å². The molecule has 2 amide bonds. The third-order valence-corrected chi connectivity index (χ3v) is 3.27. The van der Waals surface area contributed by atoms with Crippen LogP contribution in [0, 0.1) is 5.82 Å². The molecule has 5 nitrogen and oxygen atoms in total. The van der Waals surface area contributed by atoms with Gasteiger partial charge in [-0.1, -0.05) is 17.7 Å². The Morgan fingerprint density at radius 3 is 2.70 bits per heavy atom. The van der Waals surface area contributed by atoms with Crippen LogP contribution in [-0.2, 0) is 16.1 Å². The van der Waals surface area contributed by atoms with Crippen molar-refractivity contribution in [3.8, 4) is 0 Å². The Balaban J connectivity index is 2.73. The molecule has 20 heavy (non-hydrogen) atoms. The van der Waals surface area contributed by atoms with E-state index in [1.54, 1.807) is 24.9 Å². The van der Waals surface area contributed by atoms with Gasteiger partial charge in [0.05, 0.1) is 13.2 Å². The lowest BCUT2D eigenvalue weighted by Gasteiger charge is -2.23. The number of rotatable bonds is 4. The third kappa shape index (κ3) is 4.18. The first-order chi connectivity index (χ1) is 9.36. The lowest BCUT2D eigenvalue weighted by atomic mass is 10.1. The number of ether oxygens (including phenoxy) is 1. The maximum absolute atomic E-state index is 13.7. The second-order valence-corrected chi connectivity index (χ2v) is 4.68. The molecule has 0 fully saturated rings. The maximum atomic E-state index is 13.7. The van der Waals surface area contributed by atoms with E-state index in [2.05, 4.69) is 10.1 Å². The van der Waals surface area contributed by atoms with Gasteiger partial charge in [-0.2, -0.15) is 0 Å². The van der Waals surface area contributed by atoms with Gasteiger partial charge < -0.3 is 4.74 Å². The number of hydrogen-bond acceptors (Lipinski definition) is 4. The smallest absolute Gasteiger partial charge is 0.413 e. The van der Waals surface area contributed by atoms with Gasteiger partial charge in [0.25, 0.3) is 0 Å². The van der Waals surface area contributed by atoms with Gasteiger partial charge in [0.2, 0.25) is 5.91 Å². The zero-order valence-corrected chi connectivity index (χ0v) is 12.2. The number of halogens is 2. The molecular formula is C13H16ClFN2O3. The van der Waals surface area contributed by atoms with E-state index in [0.29, 0.717) is 5.56 Å². The van der Waals surface area contributed by atoms with Crippen LogP contribution in [0.15, 0.2) is 18.2 Å². The van der Waals surface area contributed by atoms with E-state index < -0.39 is 23.9 Å². The van der Waals surface area contributed by atoms with Crippen LogP contribution < -0.4 is 5.32 Å². The zero-order chi connectivity index (χ0) is 15.3. The molecule has 0 spiro atoms. The monoisotopic (exact) mass is 302 g/mol. The summed E-state index contributed by atoms with van der Waals surface area (Å²) in [5, 5.41) is 2.35. The van der Waals surface area contributed by atoms with Crippen molar-refractivity contribution in [2.24, 2.45) is 0 Å². The summed E-state index contributed by atoms with van der Waals surface area (Å²) in [6, 6.07) is 3.74. The number of hydrogen-bond donors (Lipinski definition) is 1. The molecule has 0 bridgehead atoms. The number of imide groups is 1. The van der Waals surface area contributed by atoms with Gasteiger partial charge in [0, 0.05) is 17.1 Å². The summed E-state index contributed by atoms with van der Waals surface area (Å²) >= 11 is 5.92. The van der Waals surface area contributed by atoms with Gasteiger partial charge in [-0.15, -0.1) is 0 Å². The molecular weight excluding hydrogens is 287 g/mol. The summed E-state index contributed by atoms with van der Waals surface area (Å²) in [5.74, 6) is -0.975. The molecule has 0 heterocycles. The molecule has 1 rings (SSSR count). The van der Waals surface area contributed by atoms with E-state index in [-0.39, 0.29) is 11.6 Å². The number of carbonyl (C=O) groups is 2. The quantitative estimate of drug-likeness (QED) is 0.926. The Kier molecular flexibility index (Phi) is 5.91. The Bertz CT molecular complexity index is 490. The van der Waals surface area contributed by atoms with E-state index in [1.807, 2.05) is 0 Å². The molecule has 0 unspecified atom stereocenters. The van der Waals surface area contributed by atoms with Crippen LogP contribution in [0.1, 0.15) is 12.5 Å². The SMILES string of the molecule is COC(=O)NC(=O)[C@H](C)N(C)Cc1c(F)cccc1Cl. The Morgan fingerprint density at radius 1 is 1.50 bits per heavy atom. The zero-order valence-electron chi connectivity index (χ0n) is 11.4. The largest absolute Gasteiger partial charge is 0.453 e. The molecule has 0 saturated heterocycles. The van der Waals surface area contributed by atoms with Crippen LogP contribution in [0.5, 0.6) is 0 Å². The van der Waals surface area contributed by atoms with E-state index >= 15 is 0 Å². The molecule has 1 atom stereocenters. The van der Waals surface area contributed by atoms with Crippen molar-refractivity contribution in [2.45, 2.75) is 19.5 Å². The highest BCUT2D eigenvalue weighted by molar-refractivity contribution is 6.31. The van der Waals surface area contributed by atoms with Crippen molar-refractivity contribution in [1.82, 2.24) is 10.2 Å². The summed E-state index contributed by atoms with van der Waals surface area (Å²) in [6.45, 7) is 1.73. The minimum Gasteiger partial charge on any atom is -0.453 e. The van der Waals surface area contributed by atoms with Crippen LogP contribution in [0.25, 0.3) is 0 Å². The fourth-order valence-electron chi connectivity index (χ4n) is 1.53. The Hall–Kier alpha value is -1.66. The summed E-state index contributed by atoms with van der Waals surface area (Å²) in [5.41, 5.74) is 0.300.